The second-order valence-corrected chi connectivity index (χ2v) is 5.01. The Morgan fingerprint density at radius 2 is 1.83 bits per heavy atom. The minimum Gasteiger partial charge on any atom is -0.392 e. The van der Waals surface area contributed by atoms with E-state index in [0.717, 1.165) is 24.6 Å². The molecule has 0 bridgehead atoms. The summed E-state index contributed by atoms with van der Waals surface area (Å²) < 4.78 is 0. The molecule has 0 radical (unpaired) electrons. The standard InChI is InChI=1S/C16H27NO/c1-5-14(6-2)11-17(7-3)16-9-8-13(4)10-15(16)12-18/h8-10,14,18H,5-7,11-12H2,1-4H3. The van der Waals surface area contributed by atoms with Crippen LogP contribution in [0.4, 0.5) is 5.69 Å². The zero-order chi connectivity index (χ0) is 13.5. The smallest absolute Gasteiger partial charge is 0.0702 e. The lowest BCUT2D eigenvalue weighted by atomic mass is 10.0. The van der Waals surface area contributed by atoms with Crippen molar-refractivity contribution >= 4 is 5.69 Å². The minimum atomic E-state index is 0.121. The molecule has 1 N–H and O–H groups in total. The number of anilines is 1. The molecule has 0 aromatic heterocycles. The summed E-state index contributed by atoms with van der Waals surface area (Å²) >= 11 is 0. The maximum Gasteiger partial charge on any atom is 0.0702 e. The van der Waals surface area contributed by atoms with Crippen LogP contribution in [0.2, 0.25) is 0 Å². The van der Waals surface area contributed by atoms with Crippen LogP contribution in [0.25, 0.3) is 0 Å². The second kappa shape index (κ2) is 7.42. The third kappa shape index (κ3) is 3.74. The van der Waals surface area contributed by atoms with Gasteiger partial charge in [0, 0.05) is 24.3 Å². The lowest BCUT2D eigenvalue weighted by molar-refractivity contribution is 0.282. The molecule has 18 heavy (non-hydrogen) atoms. The van der Waals surface area contributed by atoms with E-state index in [1.807, 2.05) is 0 Å². The van der Waals surface area contributed by atoms with Crippen LogP contribution in [-0.2, 0) is 6.61 Å². The minimum absolute atomic E-state index is 0.121. The van der Waals surface area contributed by atoms with Gasteiger partial charge in [-0.1, -0.05) is 44.4 Å². The lowest BCUT2D eigenvalue weighted by Crippen LogP contribution is -2.29. The zero-order valence-electron chi connectivity index (χ0n) is 12.2. The van der Waals surface area contributed by atoms with Crippen LogP contribution < -0.4 is 4.90 Å². The monoisotopic (exact) mass is 249 g/mol. The molecule has 1 rings (SSSR count). The molecule has 0 amide bonds. The van der Waals surface area contributed by atoms with E-state index < -0.39 is 0 Å². The third-order valence-corrected chi connectivity index (χ3v) is 3.76. The van der Waals surface area contributed by atoms with Gasteiger partial charge in [-0.15, -0.1) is 0 Å². The van der Waals surface area contributed by atoms with Gasteiger partial charge < -0.3 is 10.0 Å². The van der Waals surface area contributed by atoms with Crippen LogP contribution in [0.5, 0.6) is 0 Å². The first-order valence-corrected chi connectivity index (χ1v) is 7.11. The summed E-state index contributed by atoms with van der Waals surface area (Å²) in [6.07, 6.45) is 2.43. The summed E-state index contributed by atoms with van der Waals surface area (Å²) in [5.74, 6) is 0.734. The number of aliphatic hydroxyl groups is 1. The van der Waals surface area contributed by atoms with Crippen molar-refractivity contribution in [2.45, 2.75) is 47.1 Å². The van der Waals surface area contributed by atoms with Crippen LogP contribution >= 0.6 is 0 Å². The highest BCUT2D eigenvalue weighted by atomic mass is 16.3. The van der Waals surface area contributed by atoms with Gasteiger partial charge in [0.2, 0.25) is 0 Å². The molecule has 0 aliphatic heterocycles. The highest BCUT2D eigenvalue weighted by molar-refractivity contribution is 5.54. The third-order valence-electron chi connectivity index (χ3n) is 3.76. The molecule has 0 aliphatic carbocycles. The summed E-state index contributed by atoms with van der Waals surface area (Å²) in [5.41, 5.74) is 3.45. The molecule has 0 unspecified atom stereocenters. The van der Waals surface area contributed by atoms with Crippen molar-refractivity contribution in [3.05, 3.63) is 29.3 Å². The van der Waals surface area contributed by atoms with Gasteiger partial charge in [-0.25, -0.2) is 0 Å². The SMILES string of the molecule is CCC(CC)CN(CC)c1ccc(C)cc1CO. The summed E-state index contributed by atoms with van der Waals surface area (Å²) in [6.45, 7) is 11.0. The molecule has 102 valence electrons. The summed E-state index contributed by atoms with van der Waals surface area (Å²) in [6, 6.07) is 6.36. The Kier molecular flexibility index (Phi) is 6.20. The number of aliphatic hydroxyl groups excluding tert-OH is 1. The molecule has 1 aromatic rings. The first-order chi connectivity index (χ1) is 8.65. The fraction of sp³-hybridized carbons (Fsp3) is 0.625. The Hall–Kier alpha value is -1.02. The van der Waals surface area contributed by atoms with Crippen molar-refractivity contribution in [2.75, 3.05) is 18.0 Å². The first kappa shape index (κ1) is 15.0. The lowest BCUT2D eigenvalue weighted by Gasteiger charge is -2.29. The molecular weight excluding hydrogens is 222 g/mol. The predicted molar refractivity (Wildman–Crippen MR) is 79.1 cm³/mol. The number of nitrogens with zero attached hydrogens (tertiary/aromatic N) is 1. The van der Waals surface area contributed by atoms with Gasteiger partial charge in [-0.3, -0.25) is 0 Å². The molecule has 0 atom stereocenters. The number of hydrogen-bond acceptors (Lipinski definition) is 2. The molecule has 1 aromatic carbocycles. The van der Waals surface area contributed by atoms with Gasteiger partial charge in [0.25, 0.3) is 0 Å². The van der Waals surface area contributed by atoms with Crippen molar-refractivity contribution in [2.24, 2.45) is 5.92 Å². The Morgan fingerprint density at radius 1 is 1.17 bits per heavy atom. The van der Waals surface area contributed by atoms with Gasteiger partial charge in [0.15, 0.2) is 0 Å². The highest BCUT2D eigenvalue weighted by Crippen LogP contribution is 2.24. The quantitative estimate of drug-likeness (QED) is 0.795. The van der Waals surface area contributed by atoms with Crippen molar-refractivity contribution in [3.8, 4) is 0 Å². The Bertz CT molecular complexity index is 358. The second-order valence-electron chi connectivity index (χ2n) is 5.01. The first-order valence-electron chi connectivity index (χ1n) is 7.11. The molecule has 0 fully saturated rings. The number of aryl methyl sites for hydroxylation is 1. The topological polar surface area (TPSA) is 23.5 Å². The fourth-order valence-corrected chi connectivity index (χ4v) is 2.41. The van der Waals surface area contributed by atoms with Crippen molar-refractivity contribution in [1.82, 2.24) is 0 Å². The molecule has 0 aliphatic rings. The van der Waals surface area contributed by atoms with Crippen molar-refractivity contribution < 1.29 is 5.11 Å². The van der Waals surface area contributed by atoms with Gasteiger partial charge in [-0.05, 0) is 25.8 Å². The normalized spacial score (nSPS) is 11.0. The maximum atomic E-state index is 9.51. The summed E-state index contributed by atoms with van der Waals surface area (Å²) in [7, 11) is 0. The Morgan fingerprint density at radius 3 is 2.33 bits per heavy atom. The number of rotatable bonds is 7. The fourth-order valence-electron chi connectivity index (χ4n) is 2.41. The van der Waals surface area contributed by atoms with Crippen LogP contribution in [0.15, 0.2) is 18.2 Å². The van der Waals surface area contributed by atoms with E-state index in [9.17, 15) is 5.11 Å². The van der Waals surface area contributed by atoms with Crippen LogP contribution in [0.1, 0.15) is 44.7 Å². The number of benzene rings is 1. The van der Waals surface area contributed by atoms with Crippen molar-refractivity contribution in [1.29, 1.82) is 0 Å². The average molecular weight is 249 g/mol. The Labute approximate surface area is 112 Å². The molecular formula is C16H27NO. The molecule has 0 spiro atoms. The van der Waals surface area contributed by atoms with Crippen LogP contribution in [-0.4, -0.2) is 18.2 Å². The van der Waals surface area contributed by atoms with E-state index >= 15 is 0 Å². The van der Waals surface area contributed by atoms with Crippen LogP contribution in [0.3, 0.4) is 0 Å². The van der Waals surface area contributed by atoms with E-state index in [1.165, 1.54) is 24.1 Å². The van der Waals surface area contributed by atoms with Crippen molar-refractivity contribution in [3.63, 3.8) is 0 Å². The van der Waals surface area contributed by atoms with Gasteiger partial charge >= 0.3 is 0 Å². The summed E-state index contributed by atoms with van der Waals surface area (Å²) in [5, 5.41) is 9.51. The summed E-state index contributed by atoms with van der Waals surface area (Å²) in [4.78, 5) is 2.39. The average Bonchev–Trinajstić information content (AvgIpc) is 2.41. The van der Waals surface area contributed by atoms with Gasteiger partial charge in [-0.2, -0.15) is 0 Å². The zero-order valence-corrected chi connectivity index (χ0v) is 12.2. The molecule has 0 heterocycles. The molecule has 2 heteroatoms. The maximum absolute atomic E-state index is 9.51. The Balaban J connectivity index is 2.93. The molecule has 0 saturated heterocycles. The van der Waals surface area contributed by atoms with E-state index in [-0.39, 0.29) is 6.61 Å². The largest absolute Gasteiger partial charge is 0.392 e. The van der Waals surface area contributed by atoms with E-state index in [2.05, 4.69) is 50.8 Å². The van der Waals surface area contributed by atoms with Gasteiger partial charge in [0.05, 0.1) is 6.61 Å². The van der Waals surface area contributed by atoms with E-state index in [4.69, 9.17) is 0 Å². The van der Waals surface area contributed by atoms with Gasteiger partial charge in [0.1, 0.15) is 0 Å². The van der Waals surface area contributed by atoms with E-state index in [0.29, 0.717) is 0 Å². The molecule has 0 saturated carbocycles. The molecule has 2 nitrogen and oxygen atoms in total. The highest BCUT2D eigenvalue weighted by Gasteiger charge is 2.13. The predicted octanol–water partition coefficient (Wildman–Crippen LogP) is 3.75. The van der Waals surface area contributed by atoms with Crippen LogP contribution in [0, 0.1) is 12.8 Å². The van der Waals surface area contributed by atoms with E-state index in [1.54, 1.807) is 0 Å². The number of hydrogen-bond donors (Lipinski definition) is 1.